The monoisotopic (exact) mass is 403 g/mol. The zero-order chi connectivity index (χ0) is 15.6. The normalized spacial score (nSPS) is 16.9. The molecule has 1 fully saturated rings. The van der Waals surface area contributed by atoms with E-state index in [0.717, 1.165) is 22.0 Å². The number of benzene rings is 1. The van der Waals surface area contributed by atoms with Gasteiger partial charge in [-0.1, -0.05) is 6.07 Å². The Hall–Kier alpha value is -0.980. The second-order valence-electron chi connectivity index (χ2n) is 6.45. The third kappa shape index (κ3) is 4.49. The van der Waals surface area contributed by atoms with Gasteiger partial charge in [-0.2, -0.15) is 0 Å². The minimum absolute atomic E-state index is 0.230. The van der Waals surface area contributed by atoms with Gasteiger partial charge in [-0.25, -0.2) is 4.79 Å². The number of ether oxygens (including phenoxy) is 1. The van der Waals surface area contributed by atoms with E-state index in [4.69, 9.17) is 4.74 Å². The van der Waals surface area contributed by atoms with Crippen molar-refractivity contribution in [3.8, 4) is 5.75 Å². The maximum Gasteiger partial charge on any atom is 0.410 e. The van der Waals surface area contributed by atoms with E-state index >= 15 is 0 Å². The maximum absolute atomic E-state index is 12.0. The Kier molecular flexibility index (Phi) is 5.01. The molecule has 116 valence electrons. The molecule has 1 aromatic rings. The van der Waals surface area contributed by atoms with Crippen LogP contribution in [-0.4, -0.2) is 34.8 Å². The van der Waals surface area contributed by atoms with E-state index in [1.54, 1.807) is 4.90 Å². The molecule has 1 aromatic carbocycles. The average Bonchev–Trinajstić information content (AvgIpc) is 2.40. The topological polar surface area (TPSA) is 49.8 Å². The number of carbonyl (C=O) groups is 1. The second kappa shape index (κ2) is 6.42. The van der Waals surface area contributed by atoms with Crippen LogP contribution in [0.4, 0.5) is 4.79 Å². The van der Waals surface area contributed by atoms with E-state index in [1.165, 1.54) is 0 Å². The predicted molar refractivity (Wildman–Crippen MR) is 90.6 cm³/mol. The van der Waals surface area contributed by atoms with Crippen molar-refractivity contribution in [2.24, 2.45) is 0 Å². The van der Waals surface area contributed by atoms with Crippen LogP contribution in [0.3, 0.4) is 0 Å². The highest BCUT2D eigenvalue weighted by Crippen LogP contribution is 2.32. The minimum Gasteiger partial charge on any atom is -0.507 e. The fourth-order valence-corrected chi connectivity index (χ4v) is 2.84. The van der Waals surface area contributed by atoms with Gasteiger partial charge in [0.2, 0.25) is 0 Å². The van der Waals surface area contributed by atoms with Gasteiger partial charge in [-0.05, 0) is 79.8 Å². The molecule has 0 aliphatic carbocycles. The number of aromatic hydroxyl groups is 1. The Morgan fingerprint density at radius 3 is 2.48 bits per heavy atom. The zero-order valence-corrected chi connectivity index (χ0v) is 14.9. The molecule has 1 aliphatic rings. The van der Waals surface area contributed by atoms with Crippen LogP contribution in [0.1, 0.15) is 45.1 Å². The van der Waals surface area contributed by atoms with Crippen LogP contribution < -0.4 is 0 Å². The second-order valence-corrected chi connectivity index (χ2v) is 7.61. The van der Waals surface area contributed by atoms with E-state index in [1.807, 2.05) is 32.9 Å². The minimum atomic E-state index is -0.449. The third-order valence-corrected chi connectivity index (χ3v) is 4.50. The number of halogens is 1. The van der Waals surface area contributed by atoms with Crippen LogP contribution in [0.2, 0.25) is 0 Å². The van der Waals surface area contributed by atoms with Crippen molar-refractivity contribution in [1.82, 2.24) is 4.90 Å². The van der Waals surface area contributed by atoms with E-state index in [2.05, 4.69) is 28.7 Å². The molecule has 4 nitrogen and oxygen atoms in total. The fraction of sp³-hybridized carbons (Fsp3) is 0.562. The van der Waals surface area contributed by atoms with Crippen LogP contribution in [0, 0.1) is 3.57 Å². The molecule has 1 amide bonds. The molecule has 0 spiro atoms. The number of rotatable bonds is 1. The highest BCUT2D eigenvalue weighted by atomic mass is 127. The first-order valence-corrected chi connectivity index (χ1v) is 8.30. The van der Waals surface area contributed by atoms with Crippen molar-refractivity contribution in [2.75, 3.05) is 13.1 Å². The first-order chi connectivity index (χ1) is 9.76. The van der Waals surface area contributed by atoms with Gasteiger partial charge in [-0.15, -0.1) is 0 Å². The Labute approximate surface area is 139 Å². The van der Waals surface area contributed by atoms with E-state index in [-0.39, 0.29) is 6.09 Å². The number of carbonyl (C=O) groups excluding carboxylic acids is 1. The molecule has 1 saturated heterocycles. The van der Waals surface area contributed by atoms with Crippen LogP contribution in [0.25, 0.3) is 0 Å². The molecule has 0 bridgehead atoms. The Morgan fingerprint density at radius 2 is 1.95 bits per heavy atom. The average molecular weight is 403 g/mol. The highest BCUT2D eigenvalue weighted by molar-refractivity contribution is 14.1. The molecule has 1 heterocycles. The van der Waals surface area contributed by atoms with Crippen LogP contribution in [0.15, 0.2) is 18.2 Å². The summed E-state index contributed by atoms with van der Waals surface area (Å²) in [6, 6.07) is 5.84. The quantitative estimate of drug-likeness (QED) is 0.718. The van der Waals surface area contributed by atoms with Gasteiger partial charge in [-0.3, -0.25) is 0 Å². The molecule has 1 N–H and O–H groups in total. The van der Waals surface area contributed by atoms with Gasteiger partial charge >= 0.3 is 6.09 Å². The number of nitrogens with zero attached hydrogens (tertiary/aromatic N) is 1. The number of amides is 1. The molecule has 2 rings (SSSR count). The Bertz CT molecular complexity index is 517. The largest absolute Gasteiger partial charge is 0.507 e. The van der Waals surface area contributed by atoms with Gasteiger partial charge in [0.25, 0.3) is 0 Å². The van der Waals surface area contributed by atoms with Crippen LogP contribution in [0.5, 0.6) is 5.75 Å². The number of phenolic OH excluding ortho intramolecular Hbond substituents is 1. The fourth-order valence-electron chi connectivity index (χ4n) is 2.51. The highest BCUT2D eigenvalue weighted by Gasteiger charge is 2.27. The van der Waals surface area contributed by atoms with Crippen molar-refractivity contribution >= 4 is 28.7 Å². The van der Waals surface area contributed by atoms with E-state index in [0.29, 0.717) is 24.8 Å². The maximum atomic E-state index is 12.0. The summed E-state index contributed by atoms with van der Waals surface area (Å²) in [7, 11) is 0. The van der Waals surface area contributed by atoms with Gasteiger partial charge in [0, 0.05) is 13.1 Å². The number of phenols is 1. The summed E-state index contributed by atoms with van der Waals surface area (Å²) >= 11 is 2.12. The van der Waals surface area contributed by atoms with Crippen molar-refractivity contribution in [1.29, 1.82) is 0 Å². The summed E-state index contributed by atoms with van der Waals surface area (Å²) in [5.41, 5.74) is 0.701. The van der Waals surface area contributed by atoms with Crippen molar-refractivity contribution in [3.63, 3.8) is 0 Å². The molecule has 0 unspecified atom stereocenters. The van der Waals surface area contributed by atoms with Crippen molar-refractivity contribution in [3.05, 3.63) is 27.3 Å². The molecule has 0 atom stereocenters. The first kappa shape index (κ1) is 16.4. The van der Waals surface area contributed by atoms with Crippen molar-refractivity contribution in [2.45, 2.75) is 45.1 Å². The van der Waals surface area contributed by atoms with Crippen LogP contribution >= 0.6 is 22.6 Å². The molecule has 1 aliphatic heterocycles. The number of likely N-dealkylation sites (tertiary alicyclic amines) is 1. The van der Waals surface area contributed by atoms with Gasteiger partial charge < -0.3 is 14.7 Å². The van der Waals surface area contributed by atoms with Gasteiger partial charge in [0.05, 0.1) is 3.57 Å². The number of hydrogen-bond donors (Lipinski definition) is 1. The lowest BCUT2D eigenvalue weighted by atomic mass is 9.89. The molecule has 0 saturated carbocycles. The van der Waals surface area contributed by atoms with Gasteiger partial charge in [0.1, 0.15) is 11.4 Å². The summed E-state index contributed by atoms with van der Waals surface area (Å²) in [4.78, 5) is 13.8. The predicted octanol–water partition coefficient (Wildman–Crippen LogP) is 4.11. The molecule has 0 radical (unpaired) electrons. The molecular formula is C16H22INO3. The number of hydrogen-bond acceptors (Lipinski definition) is 3. The smallest absolute Gasteiger partial charge is 0.410 e. The Balaban J connectivity index is 1.94. The van der Waals surface area contributed by atoms with Crippen molar-refractivity contribution < 1.29 is 14.6 Å². The molecular weight excluding hydrogens is 381 g/mol. The van der Waals surface area contributed by atoms with Crippen LogP contribution in [-0.2, 0) is 4.74 Å². The number of piperidine rings is 1. The third-order valence-electron chi connectivity index (χ3n) is 3.59. The summed E-state index contributed by atoms with van der Waals surface area (Å²) < 4.78 is 6.26. The molecule has 21 heavy (non-hydrogen) atoms. The summed E-state index contributed by atoms with van der Waals surface area (Å²) in [5, 5.41) is 9.81. The molecule has 0 aromatic heterocycles. The standard InChI is InChI=1S/C16H22INO3/c1-16(2,3)21-15(20)18-8-6-11(7-9-18)12-4-5-13(17)14(19)10-12/h4-5,10-11,19H,6-9H2,1-3H3. The first-order valence-electron chi connectivity index (χ1n) is 7.22. The lowest BCUT2D eigenvalue weighted by Gasteiger charge is -2.33. The SMILES string of the molecule is CC(C)(C)OC(=O)N1CCC(c2ccc(I)c(O)c2)CC1. The lowest BCUT2D eigenvalue weighted by Crippen LogP contribution is -2.41. The summed E-state index contributed by atoms with van der Waals surface area (Å²) in [6.45, 7) is 7.04. The zero-order valence-electron chi connectivity index (χ0n) is 12.7. The summed E-state index contributed by atoms with van der Waals surface area (Å²) in [5.74, 6) is 0.731. The van der Waals surface area contributed by atoms with E-state index < -0.39 is 5.60 Å². The molecule has 5 heteroatoms. The Morgan fingerprint density at radius 1 is 1.33 bits per heavy atom. The summed E-state index contributed by atoms with van der Waals surface area (Å²) in [6.07, 6.45) is 1.57. The lowest BCUT2D eigenvalue weighted by molar-refractivity contribution is 0.0205. The van der Waals surface area contributed by atoms with Gasteiger partial charge in [0.15, 0.2) is 0 Å². The van der Waals surface area contributed by atoms with E-state index in [9.17, 15) is 9.90 Å².